The molecule has 1 aliphatic heterocycles. The average molecular weight is 106 g/mol. The van der Waals surface area contributed by atoms with Crippen molar-refractivity contribution in [1.82, 2.24) is 0 Å². The first-order valence-corrected chi connectivity index (χ1v) is 2.77. The van der Waals surface area contributed by atoms with Crippen molar-refractivity contribution in [3.63, 3.8) is 0 Å². The van der Waals surface area contributed by atoms with E-state index in [-0.39, 0.29) is 0 Å². The lowest BCUT2D eigenvalue weighted by Crippen LogP contribution is -1.98. The molecule has 0 unspecified atom stereocenters. The van der Waals surface area contributed by atoms with E-state index in [1.54, 1.807) is 0 Å². The molecule has 0 bridgehead atoms. The van der Waals surface area contributed by atoms with Crippen LogP contribution in [0.2, 0.25) is 0 Å². The van der Waals surface area contributed by atoms with E-state index in [2.05, 4.69) is 19.2 Å². The van der Waals surface area contributed by atoms with Gasteiger partial charge in [-0.25, -0.2) is 0 Å². The number of rotatable bonds is 0. The highest BCUT2D eigenvalue weighted by Gasteiger charge is 2.07. The highest BCUT2D eigenvalue weighted by Crippen LogP contribution is 2.10. The van der Waals surface area contributed by atoms with Gasteiger partial charge in [0.15, 0.2) is 0 Å². The SMILES string of the molecule is CC1=NC(C)=C(C)[B]1. The molecule has 0 atom stereocenters. The summed E-state index contributed by atoms with van der Waals surface area (Å²) in [7, 11) is 2.09. The molecule has 2 heteroatoms. The van der Waals surface area contributed by atoms with Crippen LogP contribution in [0, 0.1) is 0 Å². The first kappa shape index (κ1) is 5.61. The minimum absolute atomic E-state index is 1.13. The second kappa shape index (κ2) is 1.77. The largest absolute Gasteiger partial charge is 0.274 e. The van der Waals surface area contributed by atoms with Crippen molar-refractivity contribution in [3.8, 4) is 0 Å². The predicted octanol–water partition coefficient (Wildman–Crippen LogP) is 1.37. The summed E-state index contributed by atoms with van der Waals surface area (Å²) in [5.74, 6) is 0. The van der Waals surface area contributed by atoms with Crippen molar-refractivity contribution >= 4 is 12.9 Å². The van der Waals surface area contributed by atoms with Crippen LogP contribution in [0.15, 0.2) is 16.2 Å². The van der Waals surface area contributed by atoms with Gasteiger partial charge in [0.05, 0.1) is 0 Å². The van der Waals surface area contributed by atoms with Gasteiger partial charge in [-0.05, 0) is 19.5 Å². The number of hydrogen-bond acceptors (Lipinski definition) is 1. The zero-order chi connectivity index (χ0) is 6.15. The summed E-state index contributed by atoms with van der Waals surface area (Å²) < 4.78 is 0. The first-order chi connectivity index (χ1) is 3.70. The van der Waals surface area contributed by atoms with Gasteiger partial charge in [0.1, 0.15) is 0 Å². The molecule has 0 aromatic rings. The highest BCUT2D eigenvalue weighted by molar-refractivity contribution is 6.81. The molecular weight excluding hydrogens is 96.9 g/mol. The summed E-state index contributed by atoms with van der Waals surface area (Å²) in [6.45, 7) is 6.12. The van der Waals surface area contributed by atoms with Crippen LogP contribution in [0.5, 0.6) is 0 Å². The zero-order valence-corrected chi connectivity index (χ0v) is 5.52. The molecule has 0 amide bonds. The molecule has 0 N–H and O–H groups in total. The van der Waals surface area contributed by atoms with Gasteiger partial charge in [0.25, 0.3) is 0 Å². The summed E-state index contributed by atoms with van der Waals surface area (Å²) in [6, 6.07) is 0. The molecule has 0 saturated carbocycles. The maximum Gasteiger partial charge on any atom is 0.207 e. The summed E-state index contributed by atoms with van der Waals surface area (Å²) in [4.78, 5) is 4.21. The third kappa shape index (κ3) is 0.833. The van der Waals surface area contributed by atoms with Crippen molar-refractivity contribution < 1.29 is 0 Å². The van der Waals surface area contributed by atoms with Crippen LogP contribution in [-0.4, -0.2) is 12.9 Å². The molecule has 0 spiro atoms. The maximum atomic E-state index is 4.21. The molecule has 1 aliphatic rings. The van der Waals surface area contributed by atoms with Crippen molar-refractivity contribution in [2.45, 2.75) is 20.8 Å². The van der Waals surface area contributed by atoms with Crippen LogP contribution in [0.25, 0.3) is 0 Å². The van der Waals surface area contributed by atoms with E-state index in [0.717, 1.165) is 11.3 Å². The molecule has 0 aliphatic carbocycles. The average Bonchev–Trinajstić information content (AvgIpc) is 1.85. The Hall–Kier alpha value is -0.525. The molecule has 0 fully saturated rings. The highest BCUT2D eigenvalue weighted by atomic mass is 14.7. The summed E-state index contributed by atoms with van der Waals surface area (Å²) in [5.41, 5.74) is 3.57. The van der Waals surface area contributed by atoms with Crippen LogP contribution >= 0.6 is 0 Å². The molecule has 1 rings (SSSR count). The van der Waals surface area contributed by atoms with E-state index in [4.69, 9.17) is 0 Å². The van der Waals surface area contributed by atoms with Crippen LogP contribution in [0.4, 0.5) is 0 Å². The summed E-state index contributed by atoms with van der Waals surface area (Å²) in [5, 5.41) is 0. The summed E-state index contributed by atoms with van der Waals surface area (Å²) in [6.07, 6.45) is 0. The van der Waals surface area contributed by atoms with Crippen molar-refractivity contribution in [2.24, 2.45) is 4.99 Å². The minimum Gasteiger partial charge on any atom is -0.274 e. The summed E-state index contributed by atoms with van der Waals surface area (Å²) >= 11 is 0. The van der Waals surface area contributed by atoms with E-state index < -0.39 is 0 Å². The van der Waals surface area contributed by atoms with Gasteiger partial charge in [-0.15, -0.1) is 0 Å². The Kier molecular flexibility index (Phi) is 1.24. The predicted molar refractivity (Wildman–Crippen MR) is 37.2 cm³/mol. The second-order valence-corrected chi connectivity index (χ2v) is 2.17. The van der Waals surface area contributed by atoms with Gasteiger partial charge >= 0.3 is 0 Å². The van der Waals surface area contributed by atoms with Gasteiger partial charge in [-0.1, -0.05) is 12.4 Å². The van der Waals surface area contributed by atoms with E-state index in [0.29, 0.717) is 0 Å². The second-order valence-electron chi connectivity index (χ2n) is 2.17. The monoisotopic (exact) mass is 106 g/mol. The molecule has 1 heterocycles. The molecule has 0 saturated heterocycles. The van der Waals surface area contributed by atoms with Gasteiger partial charge in [-0.2, -0.15) is 0 Å². The fourth-order valence-corrected chi connectivity index (χ4v) is 0.803. The number of allylic oxidation sites excluding steroid dienone is 2. The molecule has 0 aromatic carbocycles. The third-order valence-electron chi connectivity index (χ3n) is 1.34. The van der Waals surface area contributed by atoms with Gasteiger partial charge in [-0.3, -0.25) is 4.99 Å². The Labute approximate surface area is 50.8 Å². The number of hydrogen-bond donors (Lipinski definition) is 0. The normalized spacial score (nSPS) is 18.6. The lowest BCUT2D eigenvalue weighted by Gasteiger charge is -1.85. The van der Waals surface area contributed by atoms with E-state index in [1.165, 1.54) is 5.47 Å². The smallest absolute Gasteiger partial charge is 0.207 e. The molecule has 41 valence electrons. The zero-order valence-electron chi connectivity index (χ0n) is 5.52. The Morgan fingerprint density at radius 1 is 1.25 bits per heavy atom. The Morgan fingerprint density at radius 2 is 1.88 bits per heavy atom. The number of nitrogens with zero attached hydrogens (tertiary/aromatic N) is 1. The number of aliphatic imine (C=N–C) groups is 1. The van der Waals surface area contributed by atoms with Crippen LogP contribution in [-0.2, 0) is 0 Å². The van der Waals surface area contributed by atoms with Crippen LogP contribution in [0.3, 0.4) is 0 Å². The molecule has 0 aromatic heterocycles. The van der Waals surface area contributed by atoms with E-state index in [9.17, 15) is 0 Å². The maximum absolute atomic E-state index is 4.21. The van der Waals surface area contributed by atoms with Crippen LogP contribution < -0.4 is 0 Å². The quantitative estimate of drug-likeness (QED) is 0.413. The molecule has 1 nitrogen and oxygen atoms in total. The van der Waals surface area contributed by atoms with E-state index in [1.807, 2.05) is 13.8 Å². The topological polar surface area (TPSA) is 12.4 Å². The molecule has 8 heavy (non-hydrogen) atoms. The Morgan fingerprint density at radius 3 is 2.00 bits per heavy atom. The van der Waals surface area contributed by atoms with Crippen molar-refractivity contribution in [3.05, 3.63) is 11.2 Å². The molecule has 1 radical (unpaired) electrons. The lowest BCUT2D eigenvalue weighted by molar-refractivity contribution is 1.29. The van der Waals surface area contributed by atoms with Crippen molar-refractivity contribution in [1.29, 1.82) is 0 Å². The fourth-order valence-electron chi connectivity index (χ4n) is 0.803. The minimum atomic E-state index is 1.13. The first-order valence-electron chi connectivity index (χ1n) is 2.77. The standard InChI is InChI=1S/C6H9BN/c1-4-5(2)8-6(3)7-4/h1-3H3. The van der Waals surface area contributed by atoms with Gasteiger partial charge in [0, 0.05) is 5.70 Å². The fraction of sp³-hybridized carbons (Fsp3) is 0.500. The van der Waals surface area contributed by atoms with Gasteiger partial charge in [0.2, 0.25) is 7.28 Å². The van der Waals surface area contributed by atoms with E-state index >= 15 is 0 Å². The van der Waals surface area contributed by atoms with Crippen molar-refractivity contribution in [2.75, 3.05) is 0 Å². The Balaban J connectivity index is 2.79. The Bertz CT molecular complexity index is 167. The lowest BCUT2D eigenvalue weighted by atomic mass is 9.68. The third-order valence-corrected chi connectivity index (χ3v) is 1.34. The van der Waals surface area contributed by atoms with Crippen LogP contribution in [0.1, 0.15) is 20.8 Å². The molecular formula is C6H9BN. The van der Waals surface area contributed by atoms with Gasteiger partial charge < -0.3 is 0 Å².